The quantitative estimate of drug-likeness (QED) is 0.788. The molecule has 1 saturated heterocycles. The van der Waals surface area contributed by atoms with Gasteiger partial charge in [0.05, 0.1) is 25.5 Å². The lowest BCUT2D eigenvalue weighted by Gasteiger charge is -2.34. The maximum Gasteiger partial charge on any atom is 0.239 e. The number of thiazole rings is 1. The molecule has 0 saturated carbocycles. The van der Waals surface area contributed by atoms with Crippen molar-refractivity contribution in [1.29, 1.82) is 0 Å². The van der Waals surface area contributed by atoms with Crippen molar-refractivity contribution in [2.75, 3.05) is 25.1 Å². The zero-order valence-electron chi connectivity index (χ0n) is 16.0. The highest BCUT2D eigenvalue weighted by Gasteiger charge is 2.28. The van der Waals surface area contributed by atoms with Crippen molar-refractivity contribution in [3.8, 4) is 11.3 Å². The first kappa shape index (κ1) is 19.3. The number of carbonyl (C=O) groups excluding carboxylic acids is 1. The molecule has 1 unspecified atom stereocenters. The Kier molecular flexibility index (Phi) is 6.20. The summed E-state index contributed by atoms with van der Waals surface area (Å²) in [7, 11) is 0. The Balaban J connectivity index is 1.52. The molecular formula is C22H27N3O2S. The molecule has 148 valence electrons. The average molecular weight is 398 g/mol. The molecule has 5 nitrogen and oxygen atoms in total. The second kappa shape index (κ2) is 8.99. The van der Waals surface area contributed by atoms with Crippen molar-refractivity contribution >= 4 is 27.9 Å². The molecule has 28 heavy (non-hydrogen) atoms. The van der Waals surface area contributed by atoms with Crippen LogP contribution in [0.5, 0.6) is 0 Å². The number of nitrogens with two attached hydrogens (primary N) is 1. The van der Waals surface area contributed by atoms with Gasteiger partial charge in [-0.05, 0) is 48.8 Å². The lowest BCUT2D eigenvalue weighted by atomic mass is 9.81. The summed E-state index contributed by atoms with van der Waals surface area (Å²) in [5.74, 6) is 1.29. The molecule has 0 radical (unpaired) electrons. The van der Waals surface area contributed by atoms with Crippen LogP contribution in [-0.2, 0) is 9.53 Å². The molecule has 3 N–H and O–H groups in total. The van der Waals surface area contributed by atoms with Crippen molar-refractivity contribution in [3.05, 3.63) is 41.3 Å². The van der Waals surface area contributed by atoms with E-state index >= 15 is 0 Å². The van der Waals surface area contributed by atoms with E-state index in [-0.39, 0.29) is 12.5 Å². The maximum atomic E-state index is 11.5. The Hall–Kier alpha value is -2.02. The van der Waals surface area contributed by atoms with E-state index in [1.807, 2.05) is 5.38 Å². The molecule has 1 atom stereocenters. The monoisotopic (exact) mass is 397 g/mol. The minimum atomic E-state index is -0.222. The van der Waals surface area contributed by atoms with E-state index in [9.17, 15) is 4.79 Å². The van der Waals surface area contributed by atoms with Gasteiger partial charge in [-0.3, -0.25) is 4.79 Å². The summed E-state index contributed by atoms with van der Waals surface area (Å²) in [6, 6.07) is 8.59. The van der Waals surface area contributed by atoms with Gasteiger partial charge < -0.3 is 15.8 Å². The zero-order chi connectivity index (χ0) is 19.3. The van der Waals surface area contributed by atoms with Gasteiger partial charge in [0.1, 0.15) is 0 Å². The van der Waals surface area contributed by atoms with E-state index in [2.05, 4.69) is 40.6 Å². The molecule has 2 heterocycles. The number of hydrogen-bond acceptors (Lipinski definition) is 5. The van der Waals surface area contributed by atoms with Gasteiger partial charge in [-0.1, -0.05) is 30.7 Å². The van der Waals surface area contributed by atoms with E-state index in [4.69, 9.17) is 10.5 Å². The van der Waals surface area contributed by atoms with E-state index in [1.54, 1.807) is 0 Å². The van der Waals surface area contributed by atoms with Crippen molar-refractivity contribution in [3.63, 3.8) is 0 Å². The number of benzene rings is 1. The van der Waals surface area contributed by atoms with Crippen LogP contribution in [0.1, 0.15) is 37.7 Å². The third kappa shape index (κ3) is 4.51. The Labute approximate surface area is 170 Å². The second-order valence-corrected chi connectivity index (χ2v) is 8.50. The predicted octanol–water partition coefficient (Wildman–Crippen LogP) is 4.32. The van der Waals surface area contributed by atoms with Crippen molar-refractivity contribution in [2.45, 2.75) is 32.1 Å². The highest BCUT2D eigenvalue weighted by Crippen LogP contribution is 2.35. The lowest BCUT2D eigenvalue weighted by Crippen LogP contribution is -2.34. The van der Waals surface area contributed by atoms with Crippen LogP contribution < -0.4 is 11.1 Å². The van der Waals surface area contributed by atoms with Crippen LogP contribution in [0.25, 0.3) is 16.8 Å². The average Bonchev–Trinajstić information content (AvgIpc) is 3.11. The minimum Gasteiger partial charge on any atom is -0.381 e. The van der Waals surface area contributed by atoms with Crippen LogP contribution in [-0.4, -0.2) is 30.6 Å². The van der Waals surface area contributed by atoms with Gasteiger partial charge in [-0.15, -0.1) is 11.3 Å². The molecule has 2 aliphatic rings. The van der Waals surface area contributed by atoms with Crippen molar-refractivity contribution < 1.29 is 9.53 Å². The number of nitrogens with one attached hydrogen (secondary N) is 1. The Morgan fingerprint density at radius 2 is 2.11 bits per heavy atom. The number of rotatable bonds is 5. The highest BCUT2D eigenvalue weighted by atomic mass is 32.1. The van der Waals surface area contributed by atoms with Crippen LogP contribution >= 0.6 is 11.3 Å². The molecule has 1 aliphatic heterocycles. The Bertz CT molecular complexity index is 857. The number of allylic oxidation sites excluding steroid dienone is 2. The number of anilines is 1. The lowest BCUT2D eigenvalue weighted by molar-refractivity contribution is -0.114. The van der Waals surface area contributed by atoms with E-state index < -0.39 is 0 Å². The first-order valence-corrected chi connectivity index (χ1v) is 10.9. The van der Waals surface area contributed by atoms with Crippen LogP contribution in [0.3, 0.4) is 0 Å². The van der Waals surface area contributed by atoms with Crippen LogP contribution in [0.15, 0.2) is 35.7 Å². The molecule has 1 aliphatic carbocycles. The number of ether oxygens (including phenoxy) is 1. The third-order valence-electron chi connectivity index (χ3n) is 5.73. The smallest absolute Gasteiger partial charge is 0.239 e. The Morgan fingerprint density at radius 1 is 1.25 bits per heavy atom. The maximum absolute atomic E-state index is 11.5. The van der Waals surface area contributed by atoms with Crippen LogP contribution in [0.4, 0.5) is 5.13 Å². The topological polar surface area (TPSA) is 77.2 Å². The van der Waals surface area contributed by atoms with Gasteiger partial charge >= 0.3 is 0 Å². The van der Waals surface area contributed by atoms with E-state index in [0.717, 1.165) is 49.1 Å². The molecule has 0 spiro atoms. The van der Waals surface area contributed by atoms with Gasteiger partial charge in [0.25, 0.3) is 0 Å². The number of aromatic nitrogens is 1. The fourth-order valence-corrected chi connectivity index (χ4v) is 4.70. The van der Waals surface area contributed by atoms with Crippen molar-refractivity contribution in [2.24, 2.45) is 17.6 Å². The van der Waals surface area contributed by atoms with Gasteiger partial charge in [-0.25, -0.2) is 4.98 Å². The minimum absolute atomic E-state index is 0.0352. The summed E-state index contributed by atoms with van der Waals surface area (Å²) in [5, 5.41) is 5.29. The number of hydrogen-bond donors (Lipinski definition) is 2. The van der Waals surface area contributed by atoms with Crippen LogP contribution in [0.2, 0.25) is 0 Å². The number of nitrogens with zero attached hydrogens (tertiary/aromatic N) is 1. The Morgan fingerprint density at radius 3 is 2.89 bits per heavy atom. The molecule has 2 aromatic rings. The summed E-state index contributed by atoms with van der Waals surface area (Å²) in [6.07, 6.45) is 8.61. The summed E-state index contributed by atoms with van der Waals surface area (Å²) in [5.41, 5.74) is 10.0. The van der Waals surface area contributed by atoms with Gasteiger partial charge in [0.15, 0.2) is 5.13 Å². The van der Waals surface area contributed by atoms with Gasteiger partial charge in [0.2, 0.25) is 5.91 Å². The third-order valence-corrected chi connectivity index (χ3v) is 6.49. The standard InChI is InChI=1S/C22H27N3O2S/c23-11-21(26)25-22-24-20(14-28-22)18-7-3-6-17(10-18)15-4-1-2-5-16(9-8-15)19-12-27-13-19/h3,6-8,10,14,16,19H,1-2,4-5,9,11-13,23H2,(H,24,25,26)/b15-8+. The summed E-state index contributed by atoms with van der Waals surface area (Å²) in [6.45, 7) is 1.85. The predicted molar refractivity (Wildman–Crippen MR) is 114 cm³/mol. The molecular weight excluding hydrogens is 370 g/mol. The fraction of sp³-hybridized carbons (Fsp3) is 0.455. The molecule has 6 heteroatoms. The highest BCUT2D eigenvalue weighted by molar-refractivity contribution is 7.14. The second-order valence-electron chi connectivity index (χ2n) is 7.64. The first-order chi connectivity index (χ1) is 13.7. The first-order valence-electron chi connectivity index (χ1n) is 10.1. The summed E-state index contributed by atoms with van der Waals surface area (Å²) in [4.78, 5) is 16.0. The zero-order valence-corrected chi connectivity index (χ0v) is 16.8. The number of carbonyl (C=O) groups is 1. The molecule has 1 aromatic heterocycles. The largest absolute Gasteiger partial charge is 0.381 e. The van der Waals surface area contributed by atoms with Crippen LogP contribution in [0, 0.1) is 11.8 Å². The summed E-state index contributed by atoms with van der Waals surface area (Å²) < 4.78 is 5.41. The molecule has 1 aromatic carbocycles. The molecule has 1 amide bonds. The fourth-order valence-electron chi connectivity index (χ4n) is 3.96. The molecule has 1 fully saturated rings. The summed E-state index contributed by atoms with van der Waals surface area (Å²) >= 11 is 1.42. The normalized spacial score (nSPS) is 22.5. The number of amides is 1. The van der Waals surface area contributed by atoms with Gasteiger partial charge in [-0.2, -0.15) is 0 Å². The molecule has 4 rings (SSSR count). The SMILES string of the molecule is NCC(=O)Nc1nc(-c2cccc(/C3=C/CC(C4COC4)CCCC3)c2)cs1. The van der Waals surface area contributed by atoms with E-state index in [1.165, 1.54) is 41.7 Å². The van der Waals surface area contributed by atoms with E-state index in [0.29, 0.717) is 5.13 Å². The van der Waals surface area contributed by atoms with Gasteiger partial charge in [0, 0.05) is 16.9 Å². The van der Waals surface area contributed by atoms with Crippen molar-refractivity contribution in [1.82, 2.24) is 4.98 Å². The molecule has 0 bridgehead atoms.